The zero-order valence-corrected chi connectivity index (χ0v) is 23.4. The molecule has 41 heavy (non-hydrogen) atoms. The Kier molecular flexibility index (Phi) is 10.9. The van der Waals surface area contributed by atoms with Crippen molar-refractivity contribution in [2.75, 3.05) is 25.1 Å². The van der Waals surface area contributed by atoms with E-state index >= 15 is 0 Å². The van der Waals surface area contributed by atoms with Crippen LogP contribution in [0, 0.1) is 22.7 Å². The van der Waals surface area contributed by atoms with E-state index in [0.29, 0.717) is 40.2 Å². The average Bonchev–Trinajstić information content (AvgIpc) is 2.98. The molecule has 0 heterocycles. The molecule has 0 fully saturated rings. The Morgan fingerprint density at radius 3 is 2.29 bits per heavy atom. The smallest absolute Gasteiger partial charge is 0.335 e. The molecule has 13 heteroatoms. The number of phenolic OH excluding ortho intramolecular Hbond substituents is 1. The lowest BCUT2D eigenvalue weighted by Gasteiger charge is -2.23. The van der Waals surface area contributed by atoms with Gasteiger partial charge in [0.05, 0.1) is 54.5 Å². The molecule has 0 radical (unpaired) electrons. The van der Waals surface area contributed by atoms with E-state index in [1.165, 1.54) is 43.5 Å². The number of hydrazone groups is 1. The number of amidine groups is 1. The van der Waals surface area contributed by atoms with Gasteiger partial charge < -0.3 is 19.8 Å². The van der Waals surface area contributed by atoms with Gasteiger partial charge in [-0.1, -0.05) is 15.9 Å². The number of anilines is 1. The standard InChI is InChI=1S/C28H24BrN7O5/c1-41-25-17-21(36(14-2-12-30)15-3-13-31)9-10-22(25)26(33-32-20-7-4-18(5-8-20)28(39)40)34-35-27(38)23-16-19(29)6-11-24(23)37/h4-11,16-17,37H,2-3,14-15H2,1H3,(H,35,38)(H,39,40)/b33-32?,34-26-. The number of nitrogens with one attached hydrogen (secondary N) is 1. The molecule has 0 aliphatic heterocycles. The van der Waals surface area contributed by atoms with Gasteiger partial charge in [0.25, 0.3) is 5.91 Å². The zero-order valence-electron chi connectivity index (χ0n) is 21.8. The number of phenols is 1. The molecule has 3 aromatic carbocycles. The lowest BCUT2D eigenvalue weighted by atomic mass is 10.1. The molecule has 0 saturated heterocycles. The summed E-state index contributed by atoms with van der Waals surface area (Å²) in [6, 6.07) is 19.3. The van der Waals surface area contributed by atoms with Gasteiger partial charge in [-0.15, -0.1) is 15.3 Å². The van der Waals surface area contributed by atoms with Crippen LogP contribution in [0.2, 0.25) is 0 Å². The van der Waals surface area contributed by atoms with Crippen LogP contribution in [0.15, 0.2) is 80.5 Å². The maximum atomic E-state index is 12.8. The SMILES string of the molecule is COc1cc(N(CCC#N)CCC#N)ccc1/C(N=Nc1ccc(C(=O)O)cc1)=N/NC(=O)c1cc(Br)ccc1O. The summed E-state index contributed by atoms with van der Waals surface area (Å²) in [5, 5.41) is 49.8. The molecule has 208 valence electrons. The summed E-state index contributed by atoms with van der Waals surface area (Å²) in [7, 11) is 1.44. The average molecular weight is 618 g/mol. The number of nitriles is 2. The summed E-state index contributed by atoms with van der Waals surface area (Å²) < 4.78 is 6.16. The van der Waals surface area contributed by atoms with Crippen LogP contribution in [-0.4, -0.2) is 48.1 Å². The van der Waals surface area contributed by atoms with E-state index in [4.69, 9.17) is 20.4 Å². The van der Waals surface area contributed by atoms with Gasteiger partial charge in [-0.3, -0.25) is 4.79 Å². The minimum atomic E-state index is -1.09. The van der Waals surface area contributed by atoms with Gasteiger partial charge in [0, 0.05) is 29.3 Å². The van der Waals surface area contributed by atoms with Crippen LogP contribution >= 0.6 is 15.9 Å². The van der Waals surface area contributed by atoms with Crippen LogP contribution in [-0.2, 0) is 0 Å². The molecular weight excluding hydrogens is 594 g/mol. The third-order valence-corrected chi connectivity index (χ3v) is 6.11. The first-order chi connectivity index (χ1) is 19.8. The number of carboxylic acids is 1. The highest BCUT2D eigenvalue weighted by Crippen LogP contribution is 2.28. The fraction of sp³-hybridized carbons (Fsp3) is 0.179. The Labute approximate surface area is 243 Å². The van der Waals surface area contributed by atoms with Crippen LogP contribution in [0.5, 0.6) is 11.5 Å². The van der Waals surface area contributed by atoms with Gasteiger partial charge in [-0.05, 0) is 54.6 Å². The Balaban J connectivity index is 2.02. The van der Waals surface area contributed by atoms with Crippen molar-refractivity contribution in [3.8, 4) is 23.6 Å². The van der Waals surface area contributed by atoms with Crippen molar-refractivity contribution in [2.24, 2.45) is 15.3 Å². The minimum absolute atomic E-state index is 0.0309. The molecule has 0 unspecified atom stereocenters. The molecule has 3 N–H and O–H groups in total. The number of carbonyl (C=O) groups excluding carboxylic acids is 1. The summed E-state index contributed by atoms with van der Waals surface area (Å²) in [5.74, 6) is -1.78. The van der Waals surface area contributed by atoms with Crippen LogP contribution in [0.1, 0.15) is 39.1 Å². The van der Waals surface area contributed by atoms with Gasteiger partial charge >= 0.3 is 5.97 Å². The molecule has 1 amide bonds. The number of azo groups is 1. The molecule has 0 aromatic heterocycles. The molecule has 0 atom stereocenters. The summed E-state index contributed by atoms with van der Waals surface area (Å²) in [4.78, 5) is 25.8. The quantitative estimate of drug-likeness (QED) is 0.111. The minimum Gasteiger partial charge on any atom is -0.507 e. The summed E-state index contributed by atoms with van der Waals surface area (Å²) >= 11 is 3.26. The van der Waals surface area contributed by atoms with E-state index in [1.807, 2.05) is 4.90 Å². The van der Waals surface area contributed by atoms with Gasteiger partial charge in [0.2, 0.25) is 5.84 Å². The van der Waals surface area contributed by atoms with Crippen molar-refractivity contribution < 1.29 is 24.5 Å². The van der Waals surface area contributed by atoms with Gasteiger partial charge in [-0.25, -0.2) is 10.2 Å². The first-order valence-corrected chi connectivity index (χ1v) is 12.9. The zero-order chi connectivity index (χ0) is 29.8. The van der Waals surface area contributed by atoms with Crippen LogP contribution < -0.4 is 15.1 Å². The number of benzene rings is 3. The second kappa shape index (κ2) is 14.8. The number of ether oxygens (including phenoxy) is 1. The maximum Gasteiger partial charge on any atom is 0.335 e. The van der Waals surface area contributed by atoms with E-state index in [9.17, 15) is 14.7 Å². The maximum absolute atomic E-state index is 12.8. The molecular formula is C28H24BrN7O5. The normalized spacial score (nSPS) is 11.0. The Morgan fingerprint density at radius 1 is 1.00 bits per heavy atom. The van der Waals surface area contributed by atoms with Crippen LogP contribution in [0.4, 0.5) is 11.4 Å². The molecule has 3 aromatic rings. The molecule has 12 nitrogen and oxygen atoms in total. The van der Waals surface area contributed by atoms with Gasteiger partial charge in [0.15, 0.2) is 0 Å². The molecule has 3 rings (SSSR count). The van der Waals surface area contributed by atoms with E-state index < -0.39 is 11.9 Å². The highest BCUT2D eigenvalue weighted by molar-refractivity contribution is 9.10. The highest BCUT2D eigenvalue weighted by Gasteiger charge is 2.17. The number of halogens is 1. The fourth-order valence-electron chi connectivity index (χ4n) is 3.57. The van der Waals surface area contributed by atoms with Crippen LogP contribution in [0.3, 0.4) is 0 Å². The summed E-state index contributed by atoms with van der Waals surface area (Å²) in [6.45, 7) is 0.805. The second-order valence-corrected chi connectivity index (χ2v) is 9.19. The fourth-order valence-corrected chi connectivity index (χ4v) is 3.93. The topological polar surface area (TPSA) is 184 Å². The van der Waals surface area contributed by atoms with Crippen molar-refractivity contribution in [2.45, 2.75) is 12.8 Å². The number of aromatic carboxylic acids is 1. The third kappa shape index (κ3) is 8.36. The molecule has 0 saturated carbocycles. The van der Waals surface area contributed by atoms with Crippen molar-refractivity contribution in [1.82, 2.24) is 5.43 Å². The number of aromatic hydroxyl groups is 1. The third-order valence-electron chi connectivity index (χ3n) is 5.62. The second-order valence-electron chi connectivity index (χ2n) is 8.28. The number of hydrogen-bond donors (Lipinski definition) is 3. The summed E-state index contributed by atoms with van der Waals surface area (Å²) in [5.41, 5.74) is 3.79. The lowest BCUT2D eigenvalue weighted by Crippen LogP contribution is -2.25. The number of rotatable bonds is 11. The number of amides is 1. The van der Waals surface area contributed by atoms with E-state index in [-0.39, 0.29) is 35.6 Å². The van der Waals surface area contributed by atoms with Crippen molar-refractivity contribution in [1.29, 1.82) is 10.5 Å². The van der Waals surface area contributed by atoms with Crippen molar-refractivity contribution in [3.05, 3.63) is 81.8 Å². The molecule has 0 bridgehead atoms. The number of nitrogens with zero attached hydrogens (tertiary/aromatic N) is 6. The molecule has 0 aliphatic rings. The van der Waals surface area contributed by atoms with Gasteiger partial charge in [0.1, 0.15) is 11.5 Å². The van der Waals surface area contributed by atoms with E-state index in [2.05, 4.69) is 48.8 Å². The van der Waals surface area contributed by atoms with Crippen LogP contribution in [0.25, 0.3) is 0 Å². The Bertz CT molecular complexity index is 1540. The first-order valence-electron chi connectivity index (χ1n) is 12.1. The molecule has 0 aliphatic carbocycles. The van der Waals surface area contributed by atoms with Crippen molar-refractivity contribution in [3.63, 3.8) is 0 Å². The Hall–Kier alpha value is -5.27. The lowest BCUT2D eigenvalue weighted by molar-refractivity contribution is 0.0696. The largest absolute Gasteiger partial charge is 0.507 e. The molecule has 0 spiro atoms. The first kappa shape index (κ1) is 30.3. The Morgan fingerprint density at radius 2 is 1.68 bits per heavy atom. The number of carboxylic acid groups (broad SMARTS) is 1. The predicted molar refractivity (Wildman–Crippen MR) is 153 cm³/mol. The van der Waals surface area contributed by atoms with Crippen molar-refractivity contribution >= 4 is 45.0 Å². The highest BCUT2D eigenvalue weighted by atomic mass is 79.9. The number of hydrogen-bond acceptors (Lipinski definition) is 9. The van der Waals surface area contributed by atoms with E-state index in [1.54, 1.807) is 24.3 Å². The van der Waals surface area contributed by atoms with Gasteiger partial charge in [-0.2, -0.15) is 10.5 Å². The number of carbonyl (C=O) groups is 2. The monoisotopic (exact) mass is 617 g/mol. The summed E-state index contributed by atoms with van der Waals surface area (Å²) in [6.07, 6.45) is 0.511. The number of methoxy groups -OCH3 is 1. The predicted octanol–water partition coefficient (Wildman–Crippen LogP) is 5.37. The van der Waals surface area contributed by atoms with E-state index in [0.717, 1.165) is 0 Å².